The predicted octanol–water partition coefficient (Wildman–Crippen LogP) is 3.98. The van der Waals surface area contributed by atoms with E-state index in [1.807, 2.05) is 41.5 Å². The van der Waals surface area contributed by atoms with Crippen molar-refractivity contribution in [2.24, 2.45) is 11.8 Å². The van der Waals surface area contributed by atoms with E-state index in [0.29, 0.717) is 19.3 Å². The van der Waals surface area contributed by atoms with Crippen LogP contribution < -0.4 is 10.6 Å². The van der Waals surface area contributed by atoms with Crippen molar-refractivity contribution in [3.8, 4) is 0 Å². The number of carbonyl (C=O) groups is 3. The number of aliphatic carboxylic acids is 1. The molecule has 2 amide bonds. The first kappa shape index (κ1) is 30.1. The van der Waals surface area contributed by atoms with Crippen LogP contribution in [-0.4, -0.2) is 58.5 Å². The molecule has 0 fully saturated rings. The van der Waals surface area contributed by atoms with Crippen molar-refractivity contribution >= 4 is 17.8 Å². The molecule has 0 bridgehead atoms. The lowest BCUT2D eigenvalue weighted by Crippen LogP contribution is -2.62. The average molecular weight is 454 g/mol. The van der Waals surface area contributed by atoms with Crippen molar-refractivity contribution in [3.05, 3.63) is 11.6 Å². The molecule has 2 unspecified atom stereocenters. The van der Waals surface area contributed by atoms with Gasteiger partial charge in [-0.1, -0.05) is 54.5 Å². The molecule has 0 aliphatic rings. The van der Waals surface area contributed by atoms with Gasteiger partial charge in [0.05, 0.1) is 11.6 Å². The Bertz CT molecular complexity index is 654. The van der Waals surface area contributed by atoms with Crippen LogP contribution in [0.1, 0.15) is 88.0 Å². The molecule has 0 heterocycles. The minimum Gasteiger partial charge on any atom is -0.478 e. The van der Waals surface area contributed by atoms with Crippen LogP contribution >= 0.6 is 0 Å². The SMILES string of the molecule is CCC(C)NC(CC)(CC)C(=O)NC(CC(C)C)C(=O)N(C)[C@H](/C=C(\C)C(=O)O)C(C)C. The summed E-state index contributed by atoms with van der Waals surface area (Å²) in [4.78, 5) is 39.8. The molecule has 7 heteroatoms. The Kier molecular flexibility index (Phi) is 12.8. The van der Waals surface area contributed by atoms with E-state index in [2.05, 4.69) is 24.5 Å². The molecule has 0 aromatic heterocycles. The zero-order chi connectivity index (χ0) is 25.2. The minimum absolute atomic E-state index is 0.0195. The number of carboxylic acids is 1. The summed E-state index contributed by atoms with van der Waals surface area (Å²) in [6.45, 7) is 17.6. The van der Waals surface area contributed by atoms with Gasteiger partial charge in [0.25, 0.3) is 0 Å². The summed E-state index contributed by atoms with van der Waals surface area (Å²) < 4.78 is 0. The Morgan fingerprint density at radius 2 is 1.56 bits per heavy atom. The summed E-state index contributed by atoms with van der Waals surface area (Å²) in [5, 5.41) is 15.8. The smallest absolute Gasteiger partial charge is 0.331 e. The Balaban J connectivity index is 5.93. The molecule has 0 saturated carbocycles. The third-order valence-electron chi connectivity index (χ3n) is 6.32. The lowest BCUT2D eigenvalue weighted by molar-refractivity contribution is -0.139. The molecule has 3 atom stereocenters. The topological polar surface area (TPSA) is 98.7 Å². The van der Waals surface area contributed by atoms with Crippen LogP contribution in [-0.2, 0) is 14.4 Å². The summed E-state index contributed by atoms with van der Waals surface area (Å²) in [5.41, 5.74) is -0.539. The van der Waals surface area contributed by atoms with Crippen LogP contribution in [0.4, 0.5) is 0 Å². The number of carbonyl (C=O) groups excluding carboxylic acids is 2. The molecule has 0 spiro atoms. The minimum atomic E-state index is -1.00. The number of amides is 2. The molecule has 0 aliphatic heterocycles. The van der Waals surface area contributed by atoms with Gasteiger partial charge in [-0.2, -0.15) is 0 Å². The number of hydrogen-bond acceptors (Lipinski definition) is 4. The highest BCUT2D eigenvalue weighted by atomic mass is 16.4. The highest BCUT2D eigenvalue weighted by Gasteiger charge is 2.39. The highest BCUT2D eigenvalue weighted by molar-refractivity contribution is 5.92. The highest BCUT2D eigenvalue weighted by Crippen LogP contribution is 2.20. The molecular formula is C25H47N3O4. The van der Waals surface area contributed by atoms with E-state index in [1.54, 1.807) is 18.0 Å². The van der Waals surface area contributed by atoms with E-state index in [4.69, 9.17) is 0 Å². The van der Waals surface area contributed by atoms with E-state index in [1.165, 1.54) is 6.92 Å². The number of carboxylic acid groups (broad SMARTS) is 1. The number of hydrogen-bond donors (Lipinski definition) is 3. The van der Waals surface area contributed by atoms with Crippen LogP contribution in [0.3, 0.4) is 0 Å². The van der Waals surface area contributed by atoms with Gasteiger partial charge >= 0.3 is 5.97 Å². The molecular weight excluding hydrogens is 406 g/mol. The van der Waals surface area contributed by atoms with Crippen molar-refractivity contribution < 1.29 is 19.5 Å². The number of likely N-dealkylation sites (N-methyl/N-ethyl adjacent to an activating group) is 1. The van der Waals surface area contributed by atoms with Gasteiger partial charge in [-0.05, 0) is 51.4 Å². The van der Waals surface area contributed by atoms with Gasteiger partial charge in [-0.3, -0.25) is 9.59 Å². The fourth-order valence-electron chi connectivity index (χ4n) is 3.88. The van der Waals surface area contributed by atoms with Crippen LogP contribution in [0.5, 0.6) is 0 Å². The van der Waals surface area contributed by atoms with Crippen molar-refractivity contribution in [1.29, 1.82) is 0 Å². The second-order valence-electron chi connectivity index (χ2n) is 9.74. The van der Waals surface area contributed by atoms with Gasteiger partial charge in [-0.25, -0.2) is 4.79 Å². The van der Waals surface area contributed by atoms with Crippen LogP contribution in [0.15, 0.2) is 11.6 Å². The first-order valence-corrected chi connectivity index (χ1v) is 12.0. The van der Waals surface area contributed by atoms with Crippen LogP contribution in [0, 0.1) is 11.8 Å². The number of nitrogens with one attached hydrogen (secondary N) is 2. The largest absolute Gasteiger partial charge is 0.478 e. The van der Waals surface area contributed by atoms with Crippen molar-refractivity contribution in [2.45, 2.75) is 112 Å². The van der Waals surface area contributed by atoms with Crippen LogP contribution in [0.2, 0.25) is 0 Å². The second-order valence-corrected chi connectivity index (χ2v) is 9.74. The zero-order valence-corrected chi connectivity index (χ0v) is 21.9. The first-order valence-electron chi connectivity index (χ1n) is 12.0. The quantitative estimate of drug-likeness (QED) is 0.346. The molecule has 0 radical (unpaired) electrons. The molecule has 0 aliphatic carbocycles. The Morgan fingerprint density at radius 1 is 1.03 bits per heavy atom. The van der Waals surface area contributed by atoms with E-state index in [9.17, 15) is 19.5 Å². The van der Waals surface area contributed by atoms with Gasteiger partial charge in [0.15, 0.2) is 0 Å². The molecule has 32 heavy (non-hydrogen) atoms. The van der Waals surface area contributed by atoms with E-state index < -0.39 is 17.6 Å². The van der Waals surface area contributed by atoms with Crippen molar-refractivity contribution in [1.82, 2.24) is 15.5 Å². The third-order valence-corrected chi connectivity index (χ3v) is 6.32. The fourth-order valence-corrected chi connectivity index (χ4v) is 3.88. The monoisotopic (exact) mass is 453 g/mol. The molecule has 0 saturated heterocycles. The van der Waals surface area contributed by atoms with Gasteiger partial charge in [0.2, 0.25) is 11.8 Å². The van der Waals surface area contributed by atoms with Crippen molar-refractivity contribution in [2.75, 3.05) is 7.05 Å². The normalized spacial score (nSPS) is 15.4. The molecule has 0 rings (SSSR count). The van der Waals surface area contributed by atoms with Gasteiger partial charge in [0.1, 0.15) is 6.04 Å². The molecule has 0 aromatic carbocycles. The van der Waals surface area contributed by atoms with Gasteiger partial charge in [0, 0.05) is 18.7 Å². The van der Waals surface area contributed by atoms with E-state index >= 15 is 0 Å². The summed E-state index contributed by atoms with van der Waals surface area (Å²) in [5.74, 6) is -1.15. The maximum Gasteiger partial charge on any atom is 0.331 e. The van der Waals surface area contributed by atoms with E-state index in [0.717, 1.165) is 6.42 Å². The first-order chi connectivity index (χ1) is 14.8. The predicted molar refractivity (Wildman–Crippen MR) is 130 cm³/mol. The Morgan fingerprint density at radius 3 is 1.94 bits per heavy atom. The standard InChI is InChI=1S/C25H47N3O4/c1-11-19(9)27-25(12-2,13-3)24(32)26-20(14-16(4)5)22(29)28(10)21(17(6)7)15-18(8)23(30)31/h15-17,19-21,27H,11-14H2,1-10H3,(H,26,32)(H,30,31)/b18-15+/t19?,20?,21-/m1/s1. The second kappa shape index (κ2) is 13.6. The van der Waals surface area contributed by atoms with Gasteiger partial charge in [-0.15, -0.1) is 0 Å². The summed E-state index contributed by atoms with van der Waals surface area (Å²) in [7, 11) is 1.68. The molecule has 186 valence electrons. The molecule has 3 N–H and O–H groups in total. The summed E-state index contributed by atoms with van der Waals surface area (Å²) >= 11 is 0. The Hall–Kier alpha value is -1.89. The van der Waals surface area contributed by atoms with Gasteiger partial charge < -0.3 is 20.6 Å². The molecule has 7 nitrogen and oxygen atoms in total. The third kappa shape index (κ3) is 8.57. The maximum absolute atomic E-state index is 13.5. The molecule has 0 aromatic rings. The van der Waals surface area contributed by atoms with E-state index in [-0.39, 0.29) is 41.3 Å². The van der Waals surface area contributed by atoms with Crippen molar-refractivity contribution in [3.63, 3.8) is 0 Å². The van der Waals surface area contributed by atoms with Crippen LogP contribution in [0.25, 0.3) is 0 Å². The lowest BCUT2D eigenvalue weighted by atomic mass is 9.89. The number of rotatable bonds is 14. The average Bonchev–Trinajstić information content (AvgIpc) is 2.73. The summed E-state index contributed by atoms with van der Waals surface area (Å²) in [6, 6.07) is -0.883. The summed E-state index contributed by atoms with van der Waals surface area (Å²) in [6.07, 6.45) is 4.26. The fraction of sp³-hybridized carbons (Fsp3) is 0.800. The number of nitrogens with zero attached hydrogens (tertiary/aromatic N) is 1. The lowest BCUT2D eigenvalue weighted by Gasteiger charge is -2.37. The Labute approximate surface area is 195 Å². The zero-order valence-electron chi connectivity index (χ0n) is 21.9. The maximum atomic E-state index is 13.5.